The van der Waals surface area contributed by atoms with E-state index in [1.54, 1.807) is 36.4 Å². The van der Waals surface area contributed by atoms with E-state index in [-0.39, 0.29) is 5.56 Å². The van der Waals surface area contributed by atoms with E-state index in [4.69, 9.17) is 0 Å². The normalized spacial score (nSPS) is 24.8. The Labute approximate surface area is 120 Å². The van der Waals surface area contributed by atoms with Gasteiger partial charge >= 0.3 is 5.97 Å². The van der Waals surface area contributed by atoms with Crippen molar-refractivity contribution < 1.29 is 14.3 Å². The molecule has 1 aromatic rings. The first-order chi connectivity index (χ1) is 10.1. The molecule has 1 fully saturated rings. The molecule has 1 saturated carbocycles. The number of nitrogens with zero attached hydrogens (tertiary/aromatic N) is 3. The van der Waals surface area contributed by atoms with Crippen molar-refractivity contribution in [2.24, 2.45) is 16.7 Å². The topological polar surface area (TPSA) is 115 Å². The van der Waals surface area contributed by atoms with Gasteiger partial charge < -0.3 is 4.74 Å². The summed E-state index contributed by atoms with van der Waals surface area (Å²) in [6.45, 7) is 0. The maximum atomic E-state index is 12.5. The highest BCUT2D eigenvalue weighted by molar-refractivity contribution is 6.09. The third-order valence-corrected chi connectivity index (χ3v) is 3.76. The van der Waals surface area contributed by atoms with E-state index in [2.05, 4.69) is 4.74 Å². The SMILES string of the molecule is COC(=O)[C@@]1(C#N)[C@H](C(=O)c2ccccc2)C1(C#N)C#N. The molecule has 0 aromatic heterocycles. The molecule has 6 heteroatoms. The number of methoxy groups -OCH3 is 1. The van der Waals surface area contributed by atoms with Crippen LogP contribution in [0.25, 0.3) is 0 Å². The highest BCUT2D eigenvalue weighted by atomic mass is 16.5. The number of nitriles is 3. The predicted molar refractivity (Wildman–Crippen MR) is 68.0 cm³/mol. The van der Waals surface area contributed by atoms with Crippen LogP contribution in [-0.4, -0.2) is 18.9 Å². The van der Waals surface area contributed by atoms with Gasteiger partial charge in [0.05, 0.1) is 31.2 Å². The Bertz CT molecular complexity index is 722. The monoisotopic (exact) mass is 279 g/mol. The molecule has 0 bridgehead atoms. The van der Waals surface area contributed by atoms with Crippen LogP contribution in [0.4, 0.5) is 0 Å². The lowest BCUT2D eigenvalue weighted by Gasteiger charge is -2.05. The third kappa shape index (κ3) is 1.55. The molecule has 0 spiro atoms. The number of ketones is 1. The van der Waals surface area contributed by atoms with Gasteiger partial charge in [-0.25, -0.2) is 0 Å². The quantitative estimate of drug-likeness (QED) is 0.606. The first-order valence-electron chi connectivity index (χ1n) is 5.97. The maximum Gasteiger partial charge on any atom is 0.329 e. The fraction of sp³-hybridized carbons (Fsp3) is 0.267. The van der Waals surface area contributed by atoms with Crippen LogP contribution < -0.4 is 0 Å². The van der Waals surface area contributed by atoms with Gasteiger partial charge in [-0.1, -0.05) is 30.3 Å². The molecule has 0 heterocycles. The molecular formula is C15H9N3O3. The minimum absolute atomic E-state index is 0.235. The molecule has 0 unspecified atom stereocenters. The first-order valence-corrected chi connectivity index (χ1v) is 5.97. The summed E-state index contributed by atoms with van der Waals surface area (Å²) in [6.07, 6.45) is 0. The Morgan fingerprint density at radius 2 is 1.67 bits per heavy atom. The highest BCUT2D eigenvalue weighted by Gasteiger charge is 2.87. The van der Waals surface area contributed by atoms with Crippen molar-refractivity contribution in [3.63, 3.8) is 0 Å². The smallest absolute Gasteiger partial charge is 0.329 e. The van der Waals surface area contributed by atoms with Gasteiger partial charge in [-0.3, -0.25) is 9.59 Å². The Balaban J connectivity index is 2.57. The lowest BCUT2D eigenvalue weighted by molar-refractivity contribution is -0.145. The summed E-state index contributed by atoms with van der Waals surface area (Å²) < 4.78 is 4.53. The summed E-state index contributed by atoms with van der Waals surface area (Å²) in [4.78, 5) is 24.4. The molecule has 0 amide bonds. The Kier molecular flexibility index (Phi) is 3.21. The van der Waals surface area contributed by atoms with E-state index >= 15 is 0 Å². The number of benzene rings is 1. The second-order valence-corrected chi connectivity index (χ2v) is 4.61. The molecule has 21 heavy (non-hydrogen) atoms. The van der Waals surface area contributed by atoms with Gasteiger partial charge in [0.15, 0.2) is 16.6 Å². The number of rotatable bonds is 3. The summed E-state index contributed by atoms with van der Waals surface area (Å²) in [6, 6.07) is 12.9. The van der Waals surface area contributed by atoms with Gasteiger partial charge in [-0.15, -0.1) is 0 Å². The second kappa shape index (κ2) is 4.74. The molecule has 6 nitrogen and oxygen atoms in total. The first kappa shape index (κ1) is 14.2. The lowest BCUT2D eigenvalue weighted by Crippen LogP contribution is -2.23. The van der Waals surface area contributed by atoms with Crippen LogP contribution in [-0.2, 0) is 9.53 Å². The number of ether oxygens (including phenoxy) is 1. The standard InChI is InChI=1S/C15H9N3O3/c1-21-13(20)15(9-18)12(14(15,7-16)8-17)11(19)10-5-3-2-4-6-10/h2-6,12H,1H3/t12-,15-/m1/s1. The highest BCUT2D eigenvalue weighted by Crippen LogP contribution is 2.69. The van der Waals surface area contributed by atoms with Gasteiger partial charge in [0.1, 0.15) is 0 Å². The van der Waals surface area contributed by atoms with Crippen molar-refractivity contribution >= 4 is 11.8 Å². The summed E-state index contributed by atoms with van der Waals surface area (Å²) in [5, 5.41) is 27.8. The summed E-state index contributed by atoms with van der Waals surface area (Å²) in [5.41, 5.74) is -3.85. The number of hydrogen-bond acceptors (Lipinski definition) is 6. The van der Waals surface area contributed by atoms with Crippen molar-refractivity contribution in [1.29, 1.82) is 15.8 Å². The lowest BCUT2D eigenvalue weighted by atomic mass is 9.97. The Morgan fingerprint density at radius 1 is 1.10 bits per heavy atom. The number of carbonyl (C=O) groups is 2. The molecular weight excluding hydrogens is 270 g/mol. The van der Waals surface area contributed by atoms with Crippen LogP contribution in [0.1, 0.15) is 10.4 Å². The van der Waals surface area contributed by atoms with Crippen molar-refractivity contribution in [2.45, 2.75) is 0 Å². The fourth-order valence-electron chi connectivity index (χ4n) is 2.61. The van der Waals surface area contributed by atoms with Gasteiger partial charge in [0, 0.05) is 5.56 Å². The molecule has 1 aliphatic carbocycles. The average molecular weight is 279 g/mol. The number of carbonyl (C=O) groups excluding carboxylic acids is 2. The molecule has 1 aliphatic rings. The van der Waals surface area contributed by atoms with Crippen LogP contribution in [0.15, 0.2) is 30.3 Å². The zero-order chi connectivity index (χ0) is 15.7. The largest absolute Gasteiger partial charge is 0.468 e. The van der Waals surface area contributed by atoms with Crippen LogP contribution in [0.5, 0.6) is 0 Å². The number of hydrogen-bond donors (Lipinski definition) is 0. The molecule has 102 valence electrons. The van der Waals surface area contributed by atoms with E-state index in [1.807, 2.05) is 0 Å². The fourth-order valence-corrected chi connectivity index (χ4v) is 2.61. The molecule has 2 atom stereocenters. The van der Waals surface area contributed by atoms with E-state index in [0.29, 0.717) is 0 Å². The van der Waals surface area contributed by atoms with Crippen molar-refractivity contribution in [2.75, 3.05) is 7.11 Å². The molecule has 2 rings (SSSR count). The summed E-state index contributed by atoms with van der Waals surface area (Å²) in [7, 11) is 1.04. The Morgan fingerprint density at radius 3 is 2.10 bits per heavy atom. The van der Waals surface area contributed by atoms with Crippen molar-refractivity contribution in [3.8, 4) is 18.2 Å². The minimum Gasteiger partial charge on any atom is -0.468 e. The second-order valence-electron chi connectivity index (χ2n) is 4.61. The van der Waals surface area contributed by atoms with Gasteiger partial charge in [-0.2, -0.15) is 15.8 Å². The third-order valence-electron chi connectivity index (χ3n) is 3.76. The average Bonchev–Trinajstić information content (AvgIpc) is 3.17. The predicted octanol–water partition coefficient (Wildman–Crippen LogP) is 1.22. The van der Waals surface area contributed by atoms with E-state index in [0.717, 1.165) is 7.11 Å². The summed E-state index contributed by atoms with van der Waals surface area (Å²) in [5.74, 6) is -2.98. The molecule has 0 aliphatic heterocycles. The van der Waals surface area contributed by atoms with Crippen LogP contribution in [0, 0.1) is 50.7 Å². The number of Topliss-reactive ketones (excluding diaryl/α,β-unsaturated/α-hetero) is 1. The number of esters is 1. The van der Waals surface area contributed by atoms with E-state index in [9.17, 15) is 25.4 Å². The van der Waals surface area contributed by atoms with Crippen LogP contribution >= 0.6 is 0 Å². The van der Waals surface area contributed by atoms with Crippen LogP contribution in [0.3, 0.4) is 0 Å². The maximum absolute atomic E-state index is 12.5. The molecule has 0 N–H and O–H groups in total. The molecule has 0 radical (unpaired) electrons. The van der Waals surface area contributed by atoms with Gasteiger partial charge in [-0.05, 0) is 0 Å². The minimum atomic E-state index is -2.07. The molecule has 0 saturated heterocycles. The van der Waals surface area contributed by atoms with E-state index in [1.165, 1.54) is 12.1 Å². The van der Waals surface area contributed by atoms with Crippen LogP contribution in [0.2, 0.25) is 0 Å². The molecule has 1 aromatic carbocycles. The summed E-state index contributed by atoms with van der Waals surface area (Å²) >= 11 is 0. The van der Waals surface area contributed by atoms with E-state index < -0.39 is 28.5 Å². The van der Waals surface area contributed by atoms with Gasteiger partial charge in [0.25, 0.3) is 0 Å². The van der Waals surface area contributed by atoms with Crippen molar-refractivity contribution in [3.05, 3.63) is 35.9 Å². The van der Waals surface area contributed by atoms with Crippen molar-refractivity contribution in [1.82, 2.24) is 0 Å². The Hall–Kier alpha value is -3.17. The zero-order valence-corrected chi connectivity index (χ0v) is 11.0. The van der Waals surface area contributed by atoms with Gasteiger partial charge in [0.2, 0.25) is 0 Å². The zero-order valence-electron chi connectivity index (χ0n) is 11.0.